The monoisotopic (exact) mass is 937 g/mol. The van der Waals surface area contributed by atoms with Crippen molar-refractivity contribution in [3.8, 4) is 5.75 Å². The van der Waals surface area contributed by atoms with Gasteiger partial charge in [0.05, 0.1) is 26.1 Å². The maximum absolute atomic E-state index is 13.9. The molecule has 360 valence electrons. The molecule has 26 heteroatoms. The van der Waals surface area contributed by atoms with Crippen LogP contribution in [-0.2, 0) is 70.0 Å². The van der Waals surface area contributed by atoms with E-state index >= 15 is 0 Å². The van der Waals surface area contributed by atoms with Crippen molar-refractivity contribution in [3.05, 3.63) is 29.8 Å². The van der Waals surface area contributed by atoms with Crippen LogP contribution in [0.2, 0.25) is 0 Å². The number of rotatable bonds is 17. The minimum absolute atomic E-state index is 0.0669. The molecule has 1 heterocycles. The number of phenolic OH excluding ortho intramolecular Hbond substituents is 1. The number of hydrogen-bond acceptors (Lipinski definition) is 14. The molecule has 1 aliphatic heterocycles. The summed E-state index contributed by atoms with van der Waals surface area (Å²) in [7, 11) is -0.762. The van der Waals surface area contributed by atoms with E-state index in [2.05, 4.69) is 37.2 Å². The van der Waals surface area contributed by atoms with E-state index in [9.17, 15) is 67.2 Å². The molecule has 25 nitrogen and oxygen atoms in total. The van der Waals surface area contributed by atoms with Crippen molar-refractivity contribution >= 4 is 75.8 Å². The molecular weight excluding hydrogens is 879 g/mol. The van der Waals surface area contributed by atoms with Crippen molar-refractivity contribution in [2.24, 2.45) is 23.1 Å². The Labute approximate surface area is 376 Å². The molecule has 0 radical (unpaired) electrons. The summed E-state index contributed by atoms with van der Waals surface area (Å²) in [4.78, 5) is 144. The molecule has 1 fully saturated rings. The van der Waals surface area contributed by atoms with Crippen LogP contribution in [0.3, 0.4) is 0 Å². The van der Waals surface area contributed by atoms with Gasteiger partial charge in [0.15, 0.2) is 0 Å². The van der Waals surface area contributed by atoms with Crippen LogP contribution >= 0.6 is 0 Å². The first-order chi connectivity index (χ1) is 30.5. The third-order valence-electron chi connectivity index (χ3n) is 10.0. The molecule has 15 N–H and O–H groups in total. The molecular formula is C39H59N11O14S. The van der Waals surface area contributed by atoms with Gasteiger partial charge in [0.25, 0.3) is 0 Å². The number of primary amides is 3. The number of carbonyl (C=O) groups excluding carboxylic acids is 11. The molecule has 0 aliphatic carbocycles. The zero-order chi connectivity index (χ0) is 49.0. The van der Waals surface area contributed by atoms with E-state index in [1.165, 1.54) is 24.3 Å². The van der Waals surface area contributed by atoms with Crippen molar-refractivity contribution in [2.75, 3.05) is 38.2 Å². The molecule has 11 amide bonds. The number of carbonyl (C=O) groups is 11. The number of phenols is 1. The number of aliphatic hydroxyl groups is 1. The van der Waals surface area contributed by atoms with Crippen molar-refractivity contribution < 1.29 is 67.2 Å². The smallest absolute Gasteiger partial charge is 0.245 e. The SMILES string of the molecule is CC[C@H](C)[C@@H]1NC(=O)[C@@H](Cc2ccc(O)cc2)NC(=O)CCS(=O)CC[C@@H](C(=O)N(C)CC(=O)N[C@@H](CO)C(=O)NCC(N)=O)NC(=O)[C@H](CC(N)=O)NC(=O)[C@H](CCC(N)=O)NC1=O. The van der Waals surface area contributed by atoms with Gasteiger partial charge in [0.1, 0.15) is 42.0 Å². The molecule has 1 saturated heterocycles. The van der Waals surface area contributed by atoms with Gasteiger partial charge >= 0.3 is 0 Å². The Kier molecular flexibility index (Phi) is 22.5. The first-order valence-electron chi connectivity index (χ1n) is 20.5. The summed E-state index contributed by atoms with van der Waals surface area (Å²) < 4.78 is 13.3. The van der Waals surface area contributed by atoms with Crippen LogP contribution in [0.15, 0.2) is 24.3 Å². The summed E-state index contributed by atoms with van der Waals surface area (Å²) in [6.07, 6.45) is -2.38. The maximum Gasteiger partial charge on any atom is 0.245 e. The predicted octanol–water partition coefficient (Wildman–Crippen LogP) is -6.37. The number of aromatic hydroxyl groups is 1. The number of benzene rings is 1. The molecule has 8 atom stereocenters. The Morgan fingerprint density at radius 3 is 2.03 bits per heavy atom. The average molecular weight is 938 g/mol. The van der Waals surface area contributed by atoms with E-state index < -0.39 is 170 Å². The predicted molar refractivity (Wildman–Crippen MR) is 229 cm³/mol. The van der Waals surface area contributed by atoms with Crippen LogP contribution in [0, 0.1) is 5.92 Å². The van der Waals surface area contributed by atoms with Gasteiger partial charge in [-0.2, -0.15) is 0 Å². The van der Waals surface area contributed by atoms with Gasteiger partial charge in [0.2, 0.25) is 65.0 Å². The lowest BCUT2D eigenvalue weighted by atomic mass is 9.96. The first kappa shape index (κ1) is 54.4. The van der Waals surface area contributed by atoms with Crippen LogP contribution in [0.25, 0.3) is 0 Å². The highest BCUT2D eigenvalue weighted by molar-refractivity contribution is 7.85. The second-order valence-corrected chi connectivity index (χ2v) is 17.0. The molecule has 0 aromatic heterocycles. The number of hydrogen-bond donors (Lipinski definition) is 12. The average Bonchev–Trinajstić information content (AvgIpc) is 3.24. The molecule has 0 bridgehead atoms. The van der Waals surface area contributed by atoms with Gasteiger partial charge in [-0.15, -0.1) is 0 Å². The minimum atomic E-state index is -1.89. The largest absolute Gasteiger partial charge is 0.508 e. The Hall–Kier alpha value is -6.70. The van der Waals surface area contributed by atoms with Gasteiger partial charge in [-0.25, -0.2) is 0 Å². The lowest BCUT2D eigenvalue weighted by Crippen LogP contribution is -2.61. The van der Waals surface area contributed by atoms with Gasteiger partial charge in [-0.3, -0.25) is 56.9 Å². The van der Waals surface area contributed by atoms with Crippen molar-refractivity contribution in [2.45, 2.75) is 95.0 Å². The Balaban J connectivity index is 2.58. The fraction of sp³-hybridized carbons (Fsp3) is 0.564. The molecule has 0 spiro atoms. The number of nitrogens with two attached hydrogens (primary N) is 3. The van der Waals surface area contributed by atoms with E-state index in [1.807, 2.05) is 0 Å². The summed E-state index contributed by atoms with van der Waals surface area (Å²) >= 11 is 0. The molecule has 1 unspecified atom stereocenters. The number of aliphatic hydroxyl groups excluding tert-OH is 1. The van der Waals surface area contributed by atoms with Gasteiger partial charge < -0.3 is 69.5 Å². The zero-order valence-electron chi connectivity index (χ0n) is 36.2. The van der Waals surface area contributed by atoms with Crippen LogP contribution in [0.1, 0.15) is 57.9 Å². The Morgan fingerprint density at radius 1 is 0.831 bits per heavy atom. The van der Waals surface area contributed by atoms with E-state index in [-0.39, 0.29) is 23.7 Å². The third-order valence-corrected chi connectivity index (χ3v) is 11.4. The van der Waals surface area contributed by atoms with Gasteiger partial charge in [0, 0.05) is 48.6 Å². The topological polar surface area (TPSA) is 411 Å². The zero-order valence-corrected chi connectivity index (χ0v) is 37.0. The van der Waals surface area contributed by atoms with Crippen LogP contribution in [0.4, 0.5) is 0 Å². The highest BCUT2D eigenvalue weighted by Crippen LogP contribution is 2.14. The lowest BCUT2D eigenvalue weighted by molar-refractivity contribution is -0.140. The number of amides is 11. The van der Waals surface area contributed by atoms with Crippen molar-refractivity contribution in [1.29, 1.82) is 0 Å². The summed E-state index contributed by atoms with van der Waals surface area (Å²) in [5, 5.41) is 36.0. The Bertz CT molecular complexity index is 1950. The normalized spacial score (nSPS) is 22.5. The second kappa shape index (κ2) is 26.8. The Morgan fingerprint density at radius 2 is 1.45 bits per heavy atom. The second-order valence-electron chi connectivity index (χ2n) is 15.3. The molecule has 2 rings (SSSR count). The highest BCUT2D eigenvalue weighted by Gasteiger charge is 2.36. The summed E-state index contributed by atoms with van der Waals surface area (Å²) in [6.45, 7) is 1.04. The fourth-order valence-electron chi connectivity index (χ4n) is 6.18. The summed E-state index contributed by atoms with van der Waals surface area (Å²) in [6, 6.07) is -3.58. The first-order valence-corrected chi connectivity index (χ1v) is 21.9. The van der Waals surface area contributed by atoms with E-state index in [0.717, 1.165) is 11.9 Å². The van der Waals surface area contributed by atoms with E-state index in [1.54, 1.807) is 13.8 Å². The number of nitrogens with one attached hydrogen (secondary N) is 7. The van der Waals surface area contributed by atoms with Crippen molar-refractivity contribution in [3.63, 3.8) is 0 Å². The minimum Gasteiger partial charge on any atom is -0.508 e. The van der Waals surface area contributed by atoms with Gasteiger partial charge in [-0.1, -0.05) is 32.4 Å². The summed E-state index contributed by atoms with van der Waals surface area (Å²) in [5.74, 6) is -11.9. The highest BCUT2D eigenvalue weighted by atomic mass is 32.2. The number of likely N-dealkylation sites (N-methyl/N-ethyl adjacent to an activating group) is 1. The van der Waals surface area contributed by atoms with E-state index in [0.29, 0.717) is 12.0 Å². The standard InChI is InChI=1S/C39H59N11O14S/c1-4-20(2)33-38(62)46-23(9-10-28(40)53)35(59)48-26(16-29(41)54)36(60)47-24(39(63)50(3)18-32(57)45-27(19-51)34(58)43-17-30(42)55)11-13-65(64)14-12-31(56)44-25(37(61)49-33)15-21-5-7-22(52)8-6-21/h5-8,20,23-27,33,51-52H,4,9-19H2,1-3H3,(H2,40,53)(H2,41,54)(H2,42,55)(H,43,58)(H,44,56)(H,45,57)(H,46,62)(H,47,60)(H,48,59)(H,49,61)/t20-,23-,24-,25+,26-,27-,33-,65?/m0/s1. The molecule has 65 heavy (non-hydrogen) atoms. The fourth-order valence-corrected chi connectivity index (χ4v) is 7.29. The number of nitrogens with zero attached hydrogens (tertiary/aromatic N) is 1. The molecule has 1 aromatic carbocycles. The van der Waals surface area contributed by atoms with E-state index in [4.69, 9.17) is 17.2 Å². The molecule has 1 aliphatic rings. The van der Waals surface area contributed by atoms with Crippen LogP contribution in [-0.4, -0.2) is 159 Å². The van der Waals surface area contributed by atoms with Gasteiger partial charge in [-0.05, 0) is 36.5 Å². The lowest BCUT2D eigenvalue weighted by Gasteiger charge is -2.29. The quantitative estimate of drug-likeness (QED) is 0.0692. The maximum atomic E-state index is 13.9. The molecule has 1 aromatic rings. The van der Waals surface area contributed by atoms with Crippen LogP contribution in [0.5, 0.6) is 5.75 Å². The third kappa shape index (κ3) is 19.3. The van der Waals surface area contributed by atoms with Crippen LogP contribution < -0.4 is 54.4 Å². The van der Waals surface area contributed by atoms with Crippen molar-refractivity contribution in [1.82, 2.24) is 42.1 Å². The summed E-state index contributed by atoms with van der Waals surface area (Å²) in [5.41, 5.74) is 16.3. The molecule has 0 saturated carbocycles.